The van der Waals surface area contributed by atoms with E-state index >= 15 is 0 Å². The van der Waals surface area contributed by atoms with Crippen LogP contribution in [0.1, 0.15) is 82.3 Å². The molecular formula is C46H50N4O. The lowest BCUT2D eigenvalue weighted by Crippen LogP contribution is -2.02. The summed E-state index contributed by atoms with van der Waals surface area (Å²) in [5, 5.41) is 7.39. The Kier molecular flexibility index (Phi) is 9.82. The van der Waals surface area contributed by atoms with E-state index in [1.54, 1.807) is 0 Å². The molecule has 0 radical (unpaired) electrons. The second-order valence-electron chi connectivity index (χ2n) is 14.9. The van der Waals surface area contributed by atoms with E-state index in [1.165, 1.54) is 52.3 Å². The van der Waals surface area contributed by atoms with E-state index in [-0.39, 0.29) is 0 Å². The number of fused-ring (bicyclic) bond motifs is 3. The molecular weight excluding hydrogens is 625 g/mol. The highest BCUT2D eigenvalue weighted by molar-refractivity contribution is 6.09. The Balaban J connectivity index is 1.28. The molecule has 2 unspecified atom stereocenters. The average Bonchev–Trinajstić information content (AvgIpc) is 3.60. The Labute approximate surface area is 302 Å². The van der Waals surface area contributed by atoms with Crippen molar-refractivity contribution < 1.29 is 4.74 Å². The zero-order valence-electron chi connectivity index (χ0n) is 31.1. The van der Waals surface area contributed by atoms with Crippen molar-refractivity contribution >= 4 is 21.8 Å². The molecule has 0 fully saturated rings. The van der Waals surface area contributed by atoms with Crippen molar-refractivity contribution in [2.24, 2.45) is 11.8 Å². The van der Waals surface area contributed by atoms with Gasteiger partial charge in [-0.25, -0.2) is 9.67 Å². The van der Waals surface area contributed by atoms with Gasteiger partial charge in [0, 0.05) is 40.4 Å². The van der Waals surface area contributed by atoms with E-state index in [0.29, 0.717) is 17.8 Å². The van der Waals surface area contributed by atoms with Crippen LogP contribution in [0.15, 0.2) is 109 Å². The number of pyridine rings is 1. The molecule has 0 saturated carbocycles. The fourth-order valence-corrected chi connectivity index (χ4v) is 7.90. The fourth-order valence-electron chi connectivity index (χ4n) is 7.90. The van der Waals surface area contributed by atoms with Crippen molar-refractivity contribution in [2.75, 3.05) is 0 Å². The maximum Gasteiger partial charge on any atom is 0.137 e. The van der Waals surface area contributed by atoms with Crippen LogP contribution in [0.2, 0.25) is 0 Å². The number of hydrogen-bond donors (Lipinski definition) is 0. The minimum Gasteiger partial charge on any atom is -0.457 e. The summed E-state index contributed by atoms with van der Waals surface area (Å²) in [4.78, 5) is 4.92. The molecule has 0 aliphatic rings. The normalized spacial score (nSPS) is 12.9. The molecule has 0 amide bonds. The molecule has 0 N–H and O–H groups in total. The molecule has 0 saturated heterocycles. The van der Waals surface area contributed by atoms with Gasteiger partial charge in [0.25, 0.3) is 0 Å². The van der Waals surface area contributed by atoms with Gasteiger partial charge in [0.05, 0.1) is 22.4 Å². The summed E-state index contributed by atoms with van der Waals surface area (Å²) in [6, 6.07) is 36.6. The van der Waals surface area contributed by atoms with Gasteiger partial charge >= 0.3 is 0 Å². The number of benzene rings is 4. The Morgan fingerprint density at radius 2 is 1.55 bits per heavy atom. The predicted octanol–water partition coefficient (Wildman–Crippen LogP) is 12.6. The van der Waals surface area contributed by atoms with Crippen molar-refractivity contribution in [2.45, 2.75) is 80.1 Å². The summed E-state index contributed by atoms with van der Waals surface area (Å²) in [6.45, 7) is 15.8. The Morgan fingerprint density at radius 1 is 0.745 bits per heavy atom. The van der Waals surface area contributed by atoms with Gasteiger partial charge in [-0.1, -0.05) is 89.9 Å². The molecule has 0 bridgehead atoms. The molecule has 0 aliphatic heterocycles. The van der Waals surface area contributed by atoms with Gasteiger partial charge in [0.15, 0.2) is 0 Å². The third-order valence-electron chi connectivity index (χ3n) is 10.2. The minimum atomic E-state index is 0.489. The highest BCUT2D eigenvalue weighted by Gasteiger charge is 2.19. The van der Waals surface area contributed by atoms with Gasteiger partial charge < -0.3 is 4.74 Å². The molecule has 0 spiro atoms. The molecule has 2 atom stereocenters. The number of ether oxygens (including phenoxy) is 1. The molecule has 7 rings (SSSR count). The van der Waals surface area contributed by atoms with E-state index in [9.17, 15) is 0 Å². The highest BCUT2D eigenvalue weighted by atomic mass is 16.5. The summed E-state index contributed by atoms with van der Waals surface area (Å²) in [7, 11) is 0. The van der Waals surface area contributed by atoms with Gasteiger partial charge in [-0.2, -0.15) is 5.10 Å². The van der Waals surface area contributed by atoms with Crippen LogP contribution in [0.5, 0.6) is 11.5 Å². The zero-order valence-corrected chi connectivity index (χ0v) is 31.1. The second kappa shape index (κ2) is 14.6. The lowest BCUT2D eigenvalue weighted by Gasteiger charge is -2.17. The third kappa shape index (κ3) is 7.08. The van der Waals surface area contributed by atoms with Crippen molar-refractivity contribution in [3.8, 4) is 34.1 Å². The van der Waals surface area contributed by atoms with Gasteiger partial charge in [-0.15, -0.1) is 0 Å². The summed E-state index contributed by atoms with van der Waals surface area (Å²) in [5.74, 6) is 4.24. The number of hydrogen-bond acceptors (Lipinski definition) is 3. The SMILES string of the molecule is CCCC(C)CC(C)c1ccc2c(c1)c1ccc(Oc3cccc(-n4nc(C)c(-c5ccccc5)c4C)c3)cc1n2-c1cc(CC(C)C)ccn1. The van der Waals surface area contributed by atoms with E-state index in [1.807, 2.05) is 29.1 Å². The van der Waals surface area contributed by atoms with Crippen molar-refractivity contribution in [3.63, 3.8) is 0 Å². The van der Waals surface area contributed by atoms with Crippen LogP contribution in [0.3, 0.4) is 0 Å². The first-order chi connectivity index (χ1) is 24.7. The van der Waals surface area contributed by atoms with Crippen LogP contribution >= 0.6 is 0 Å². The molecule has 3 aromatic heterocycles. The zero-order chi connectivity index (χ0) is 35.6. The minimum absolute atomic E-state index is 0.489. The molecule has 7 aromatic rings. The molecule has 260 valence electrons. The number of aryl methyl sites for hydroxylation is 1. The van der Waals surface area contributed by atoms with Gasteiger partial charge in [0.2, 0.25) is 0 Å². The van der Waals surface area contributed by atoms with E-state index < -0.39 is 0 Å². The molecule has 4 aromatic carbocycles. The van der Waals surface area contributed by atoms with Crippen LogP contribution in [0, 0.1) is 25.7 Å². The maximum atomic E-state index is 6.63. The van der Waals surface area contributed by atoms with Crippen molar-refractivity contribution in [1.82, 2.24) is 19.3 Å². The van der Waals surface area contributed by atoms with Crippen LogP contribution in [-0.2, 0) is 6.42 Å². The number of nitrogens with zero attached hydrogens (tertiary/aromatic N) is 4. The summed E-state index contributed by atoms with van der Waals surface area (Å²) in [5.41, 5.74) is 10.3. The molecule has 0 aliphatic carbocycles. The predicted molar refractivity (Wildman–Crippen MR) is 213 cm³/mol. The first kappa shape index (κ1) is 34.3. The van der Waals surface area contributed by atoms with Crippen LogP contribution in [0.4, 0.5) is 0 Å². The molecule has 5 nitrogen and oxygen atoms in total. The Morgan fingerprint density at radius 3 is 2.33 bits per heavy atom. The van der Waals surface area contributed by atoms with E-state index in [4.69, 9.17) is 14.8 Å². The smallest absolute Gasteiger partial charge is 0.137 e. The standard InChI is InChI=1S/C46H50N4O/c1-8-13-31(4)25-32(5)37-18-21-43-42(27-37)41-20-19-40(29-44(41)49(43)45-26-35(22-23-47-45)24-30(2)3)51-39-17-12-16-38(28-39)50-34(7)46(33(6)48-50)36-14-10-9-11-15-36/h9-12,14-23,26-32H,8,13,24-25H2,1-7H3. The first-order valence-corrected chi connectivity index (χ1v) is 18.6. The fraction of sp³-hybridized carbons (Fsp3) is 0.304. The monoisotopic (exact) mass is 674 g/mol. The van der Waals surface area contributed by atoms with E-state index in [0.717, 1.165) is 51.8 Å². The lowest BCUT2D eigenvalue weighted by atomic mass is 9.88. The Hall–Kier alpha value is -5.16. The van der Waals surface area contributed by atoms with Gasteiger partial charge in [0.1, 0.15) is 17.3 Å². The Bertz CT molecular complexity index is 2290. The topological polar surface area (TPSA) is 44.9 Å². The molecule has 3 heterocycles. The average molecular weight is 675 g/mol. The van der Waals surface area contributed by atoms with E-state index in [2.05, 4.69) is 138 Å². The quantitative estimate of drug-likeness (QED) is 0.130. The maximum absolute atomic E-state index is 6.63. The largest absolute Gasteiger partial charge is 0.457 e. The summed E-state index contributed by atoms with van der Waals surface area (Å²) in [6.07, 6.45) is 6.65. The number of rotatable bonds is 12. The summed E-state index contributed by atoms with van der Waals surface area (Å²) >= 11 is 0. The van der Waals surface area contributed by atoms with Crippen LogP contribution in [-0.4, -0.2) is 19.3 Å². The second-order valence-corrected chi connectivity index (χ2v) is 14.9. The first-order valence-electron chi connectivity index (χ1n) is 18.6. The molecule has 51 heavy (non-hydrogen) atoms. The highest BCUT2D eigenvalue weighted by Crippen LogP contribution is 2.38. The molecule has 5 heteroatoms. The van der Waals surface area contributed by atoms with Crippen molar-refractivity contribution in [3.05, 3.63) is 132 Å². The van der Waals surface area contributed by atoms with Gasteiger partial charge in [-0.3, -0.25) is 4.57 Å². The van der Waals surface area contributed by atoms with Crippen molar-refractivity contribution in [1.29, 1.82) is 0 Å². The number of aromatic nitrogens is 4. The van der Waals surface area contributed by atoms with Gasteiger partial charge in [-0.05, 0) is 110 Å². The van der Waals surface area contributed by atoms with Crippen LogP contribution in [0.25, 0.3) is 44.4 Å². The van der Waals surface area contributed by atoms with Crippen LogP contribution < -0.4 is 4.74 Å². The third-order valence-corrected chi connectivity index (χ3v) is 10.2. The lowest BCUT2D eigenvalue weighted by molar-refractivity contribution is 0.449. The summed E-state index contributed by atoms with van der Waals surface area (Å²) < 4.78 is 11.0.